The van der Waals surface area contributed by atoms with E-state index in [4.69, 9.17) is 16.3 Å². The van der Waals surface area contributed by atoms with Crippen LogP contribution in [0.25, 0.3) is 0 Å². The van der Waals surface area contributed by atoms with Crippen molar-refractivity contribution in [2.24, 2.45) is 0 Å². The molecule has 2 nitrogen and oxygen atoms in total. The number of halogens is 3. The predicted octanol–water partition coefficient (Wildman–Crippen LogP) is 5.36. The van der Waals surface area contributed by atoms with Gasteiger partial charge in [-0.25, -0.2) is 4.98 Å². The third-order valence-corrected chi connectivity index (χ3v) is 3.45. The summed E-state index contributed by atoms with van der Waals surface area (Å²) < 4.78 is 7.65. The summed E-state index contributed by atoms with van der Waals surface area (Å²) >= 11 is 12.7. The molecule has 1 aromatic heterocycles. The Morgan fingerprint density at radius 3 is 2.65 bits per heavy atom. The molecule has 0 unspecified atom stereocenters. The van der Waals surface area contributed by atoms with E-state index in [-0.39, 0.29) is 0 Å². The molecule has 0 amide bonds. The SMILES string of the molecule is Cc1cnc(Cl)cc1Oc1ccc(Br)cc1Br. The molecule has 0 radical (unpaired) electrons. The number of benzene rings is 1. The van der Waals surface area contributed by atoms with Gasteiger partial charge in [-0.2, -0.15) is 0 Å². The molecule has 0 spiro atoms. The zero-order valence-corrected chi connectivity index (χ0v) is 12.8. The molecular weight excluding hydrogens is 369 g/mol. The van der Waals surface area contributed by atoms with E-state index in [0.29, 0.717) is 10.9 Å². The zero-order chi connectivity index (χ0) is 12.4. The van der Waals surface area contributed by atoms with Crippen LogP contribution >= 0.6 is 43.5 Å². The Balaban J connectivity index is 2.34. The van der Waals surface area contributed by atoms with Gasteiger partial charge in [-0.1, -0.05) is 27.5 Å². The maximum atomic E-state index is 5.84. The van der Waals surface area contributed by atoms with Crippen LogP contribution in [-0.2, 0) is 0 Å². The molecule has 0 aliphatic carbocycles. The van der Waals surface area contributed by atoms with Gasteiger partial charge in [0.25, 0.3) is 0 Å². The lowest BCUT2D eigenvalue weighted by molar-refractivity contribution is 0.475. The van der Waals surface area contributed by atoms with Crippen LogP contribution in [0, 0.1) is 6.92 Å². The normalized spacial score (nSPS) is 10.4. The number of rotatable bonds is 2. The van der Waals surface area contributed by atoms with Gasteiger partial charge in [0.05, 0.1) is 4.47 Å². The fourth-order valence-electron chi connectivity index (χ4n) is 1.27. The predicted molar refractivity (Wildman–Crippen MR) is 75.9 cm³/mol. The van der Waals surface area contributed by atoms with Crippen LogP contribution in [0.5, 0.6) is 11.5 Å². The highest BCUT2D eigenvalue weighted by Crippen LogP contribution is 2.33. The topological polar surface area (TPSA) is 22.1 Å². The van der Waals surface area contributed by atoms with Crippen molar-refractivity contribution in [2.45, 2.75) is 6.92 Å². The van der Waals surface area contributed by atoms with E-state index in [1.54, 1.807) is 12.3 Å². The number of aryl methyl sites for hydroxylation is 1. The molecule has 0 saturated heterocycles. The number of pyridine rings is 1. The van der Waals surface area contributed by atoms with Gasteiger partial charge < -0.3 is 4.74 Å². The van der Waals surface area contributed by atoms with E-state index in [1.165, 1.54) is 0 Å². The highest BCUT2D eigenvalue weighted by atomic mass is 79.9. The molecule has 0 saturated carbocycles. The van der Waals surface area contributed by atoms with E-state index < -0.39 is 0 Å². The van der Waals surface area contributed by atoms with Gasteiger partial charge in [0.2, 0.25) is 0 Å². The summed E-state index contributed by atoms with van der Waals surface area (Å²) in [7, 11) is 0. The highest BCUT2D eigenvalue weighted by molar-refractivity contribution is 9.11. The number of nitrogens with zero attached hydrogens (tertiary/aromatic N) is 1. The summed E-state index contributed by atoms with van der Waals surface area (Å²) in [5.74, 6) is 1.44. The molecule has 88 valence electrons. The number of ether oxygens (including phenoxy) is 1. The van der Waals surface area contributed by atoms with Crippen molar-refractivity contribution < 1.29 is 4.74 Å². The molecule has 0 aliphatic heterocycles. The Morgan fingerprint density at radius 1 is 1.18 bits per heavy atom. The lowest BCUT2D eigenvalue weighted by Gasteiger charge is -2.10. The van der Waals surface area contributed by atoms with Gasteiger partial charge in [-0.3, -0.25) is 0 Å². The average Bonchev–Trinajstić information content (AvgIpc) is 2.27. The van der Waals surface area contributed by atoms with E-state index in [1.807, 2.05) is 25.1 Å². The fraction of sp³-hybridized carbons (Fsp3) is 0.0833. The highest BCUT2D eigenvalue weighted by Gasteiger charge is 2.06. The number of hydrogen-bond acceptors (Lipinski definition) is 2. The molecule has 2 aromatic rings. The van der Waals surface area contributed by atoms with Crippen LogP contribution in [0.15, 0.2) is 39.4 Å². The summed E-state index contributed by atoms with van der Waals surface area (Å²) in [6.45, 7) is 1.92. The molecule has 0 aliphatic rings. The molecule has 17 heavy (non-hydrogen) atoms. The molecule has 1 heterocycles. The van der Waals surface area contributed by atoms with Gasteiger partial charge in [-0.15, -0.1) is 0 Å². The second-order valence-electron chi connectivity index (χ2n) is 3.45. The summed E-state index contributed by atoms with van der Waals surface area (Å²) in [6.07, 6.45) is 1.68. The van der Waals surface area contributed by atoms with E-state index in [2.05, 4.69) is 36.8 Å². The lowest BCUT2D eigenvalue weighted by Crippen LogP contribution is -1.90. The smallest absolute Gasteiger partial charge is 0.141 e. The standard InChI is InChI=1S/C12H8Br2ClNO/c1-7-6-16-12(15)5-11(7)17-10-3-2-8(13)4-9(10)14/h2-6H,1H3. The minimum absolute atomic E-state index is 0.416. The van der Waals surface area contributed by atoms with Gasteiger partial charge in [0.15, 0.2) is 0 Å². The van der Waals surface area contributed by atoms with E-state index >= 15 is 0 Å². The van der Waals surface area contributed by atoms with E-state index in [0.717, 1.165) is 20.3 Å². The van der Waals surface area contributed by atoms with Crippen molar-refractivity contribution in [3.8, 4) is 11.5 Å². The molecule has 2 rings (SSSR count). The molecule has 0 atom stereocenters. The van der Waals surface area contributed by atoms with Crippen molar-refractivity contribution in [1.29, 1.82) is 0 Å². The minimum Gasteiger partial charge on any atom is -0.456 e. The monoisotopic (exact) mass is 375 g/mol. The molecular formula is C12H8Br2ClNO. The van der Waals surface area contributed by atoms with E-state index in [9.17, 15) is 0 Å². The third kappa shape index (κ3) is 3.21. The van der Waals surface area contributed by atoms with Crippen LogP contribution in [0.3, 0.4) is 0 Å². The summed E-state index contributed by atoms with van der Waals surface area (Å²) in [4.78, 5) is 3.98. The van der Waals surface area contributed by atoms with Gasteiger partial charge in [-0.05, 0) is 41.1 Å². The lowest BCUT2D eigenvalue weighted by atomic mass is 10.3. The first-order chi connectivity index (χ1) is 8.06. The van der Waals surface area contributed by atoms with Gasteiger partial charge in [0, 0.05) is 22.3 Å². The first kappa shape index (κ1) is 12.9. The summed E-state index contributed by atoms with van der Waals surface area (Å²) in [6, 6.07) is 7.42. The van der Waals surface area contributed by atoms with Crippen LogP contribution in [0.1, 0.15) is 5.56 Å². The Labute approximate surface area is 121 Å². The van der Waals surface area contributed by atoms with Crippen LogP contribution in [0.2, 0.25) is 5.15 Å². The number of hydrogen-bond donors (Lipinski definition) is 0. The van der Waals surface area contributed by atoms with Crippen molar-refractivity contribution in [2.75, 3.05) is 0 Å². The maximum absolute atomic E-state index is 5.84. The zero-order valence-electron chi connectivity index (χ0n) is 8.88. The van der Waals surface area contributed by atoms with Crippen LogP contribution < -0.4 is 4.74 Å². The summed E-state index contributed by atoms with van der Waals surface area (Å²) in [5, 5.41) is 0.416. The van der Waals surface area contributed by atoms with Gasteiger partial charge >= 0.3 is 0 Å². The quantitative estimate of drug-likeness (QED) is 0.657. The Bertz CT molecular complexity index is 560. The Kier molecular flexibility index (Phi) is 4.07. The Morgan fingerprint density at radius 2 is 1.94 bits per heavy atom. The molecule has 0 N–H and O–H groups in total. The molecule has 0 fully saturated rings. The maximum Gasteiger partial charge on any atom is 0.141 e. The van der Waals surface area contributed by atoms with Crippen LogP contribution in [-0.4, -0.2) is 4.98 Å². The van der Waals surface area contributed by atoms with Crippen molar-refractivity contribution in [3.05, 3.63) is 50.1 Å². The second kappa shape index (κ2) is 5.38. The number of aromatic nitrogens is 1. The summed E-state index contributed by atoms with van der Waals surface area (Å²) in [5.41, 5.74) is 0.934. The van der Waals surface area contributed by atoms with Crippen molar-refractivity contribution in [1.82, 2.24) is 4.98 Å². The first-order valence-electron chi connectivity index (χ1n) is 4.81. The van der Waals surface area contributed by atoms with Crippen molar-refractivity contribution in [3.63, 3.8) is 0 Å². The largest absolute Gasteiger partial charge is 0.456 e. The third-order valence-electron chi connectivity index (χ3n) is 2.13. The van der Waals surface area contributed by atoms with Crippen LogP contribution in [0.4, 0.5) is 0 Å². The van der Waals surface area contributed by atoms with Crippen molar-refractivity contribution >= 4 is 43.5 Å². The first-order valence-corrected chi connectivity index (χ1v) is 6.78. The molecule has 0 bridgehead atoms. The molecule has 1 aromatic carbocycles. The average molecular weight is 377 g/mol. The van der Waals surface area contributed by atoms with Gasteiger partial charge in [0.1, 0.15) is 16.7 Å². The minimum atomic E-state index is 0.416. The second-order valence-corrected chi connectivity index (χ2v) is 5.61. The molecule has 5 heteroatoms. The Hall–Kier alpha value is -0.580. The fourth-order valence-corrected chi connectivity index (χ4v) is 2.54.